The van der Waals surface area contributed by atoms with E-state index in [9.17, 15) is 14.4 Å². The number of likely N-dealkylation sites (N-methyl/N-ethyl adjacent to an activating group) is 1. The molecule has 0 aromatic heterocycles. The number of primary amides is 1. The Morgan fingerprint density at radius 1 is 1.33 bits per heavy atom. The van der Waals surface area contributed by atoms with Crippen LogP contribution in [0.2, 0.25) is 0 Å². The summed E-state index contributed by atoms with van der Waals surface area (Å²) in [4.78, 5) is 34.2. The molecule has 0 aliphatic carbocycles. The van der Waals surface area contributed by atoms with Gasteiger partial charge in [0, 0.05) is 19.9 Å². The van der Waals surface area contributed by atoms with E-state index in [1.54, 1.807) is 0 Å². The van der Waals surface area contributed by atoms with Crippen LogP contribution in [0.25, 0.3) is 0 Å². The van der Waals surface area contributed by atoms with Gasteiger partial charge in [0.05, 0.1) is 12.5 Å². The lowest BCUT2D eigenvalue weighted by Gasteiger charge is -2.17. The van der Waals surface area contributed by atoms with Crippen LogP contribution in [0.3, 0.4) is 0 Å². The van der Waals surface area contributed by atoms with Crippen molar-refractivity contribution in [1.29, 1.82) is 5.41 Å². The third kappa shape index (κ3) is 6.46. The number of carboxylic acids is 1. The smallest absolute Gasteiger partial charge is 0.306 e. The van der Waals surface area contributed by atoms with E-state index in [4.69, 9.17) is 22.0 Å². The van der Waals surface area contributed by atoms with Crippen molar-refractivity contribution in [1.82, 2.24) is 4.90 Å². The first kappa shape index (κ1) is 15.9. The molecule has 0 unspecified atom stereocenters. The Labute approximate surface area is 104 Å². The van der Waals surface area contributed by atoms with Crippen molar-refractivity contribution >= 4 is 23.6 Å². The van der Waals surface area contributed by atoms with Crippen molar-refractivity contribution in [2.24, 2.45) is 17.4 Å². The maximum atomic E-state index is 11.5. The zero-order valence-electron chi connectivity index (χ0n) is 10.2. The number of hydrogen-bond donors (Lipinski definition) is 4. The standard InChI is InChI=1S/C10H18N4O4/c1-14(10(12)13)5-7(15)4-6(9(17)18)2-3-8(11)16/h6H,2-5H2,1H3,(H2,11,16)(H3,12,13)(H,17,18)/t6-/m1/s1. The molecule has 6 N–H and O–H groups in total. The van der Waals surface area contributed by atoms with Gasteiger partial charge >= 0.3 is 5.97 Å². The lowest BCUT2D eigenvalue weighted by atomic mass is 9.97. The normalized spacial score (nSPS) is 11.6. The predicted octanol–water partition coefficient (Wildman–Crippen LogP) is -1.26. The summed E-state index contributed by atoms with van der Waals surface area (Å²) in [5, 5.41) is 16.0. The molecule has 0 heterocycles. The van der Waals surface area contributed by atoms with Gasteiger partial charge in [0.15, 0.2) is 11.7 Å². The van der Waals surface area contributed by atoms with Crippen LogP contribution in [0.5, 0.6) is 0 Å². The summed E-state index contributed by atoms with van der Waals surface area (Å²) in [7, 11) is 1.46. The summed E-state index contributed by atoms with van der Waals surface area (Å²) in [6.07, 6.45) is -0.257. The molecule has 0 aliphatic heterocycles. The number of carbonyl (C=O) groups is 3. The van der Waals surface area contributed by atoms with Crippen LogP contribution in [-0.4, -0.2) is 47.2 Å². The van der Waals surface area contributed by atoms with E-state index in [0.29, 0.717) is 0 Å². The molecule has 102 valence electrons. The molecular weight excluding hydrogens is 240 g/mol. The Morgan fingerprint density at radius 2 is 1.89 bits per heavy atom. The number of carbonyl (C=O) groups excluding carboxylic acids is 2. The Hall–Kier alpha value is -2.12. The van der Waals surface area contributed by atoms with E-state index >= 15 is 0 Å². The Kier molecular flexibility index (Phi) is 6.40. The highest BCUT2D eigenvalue weighted by Gasteiger charge is 2.22. The molecule has 0 aromatic carbocycles. The number of carboxylic acid groups (broad SMARTS) is 1. The van der Waals surface area contributed by atoms with Crippen molar-refractivity contribution in [3.8, 4) is 0 Å². The molecule has 0 saturated carbocycles. The molecular formula is C10H18N4O4. The number of nitrogens with zero attached hydrogens (tertiary/aromatic N) is 1. The largest absolute Gasteiger partial charge is 0.481 e. The number of hydrogen-bond acceptors (Lipinski definition) is 4. The van der Waals surface area contributed by atoms with Crippen LogP contribution in [0, 0.1) is 11.3 Å². The number of amides is 1. The third-order valence-corrected chi connectivity index (χ3v) is 2.39. The highest BCUT2D eigenvalue weighted by atomic mass is 16.4. The van der Waals surface area contributed by atoms with Gasteiger partial charge in [-0.25, -0.2) is 0 Å². The first-order chi connectivity index (χ1) is 8.23. The van der Waals surface area contributed by atoms with Crippen LogP contribution in [0.15, 0.2) is 0 Å². The molecule has 0 radical (unpaired) electrons. The zero-order chi connectivity index (χ0) is 14.3. The average Bonchev–Trinajstić information content (AvgIpc) is 2.23. The summed E-state index contributed by atoms with van der Waals surface area (Å²) >= 11 is 0. The van der Waals surface area contributed by atoms with E-state index in [-0.39, 0.29) is 37.6 Å². The van der Waals surface area contributed by atoms with Crippen LogP contribution >= 0.6 is 0 Å². The SMILES string of the molecule is CN(CC(=O)C[C@@H](CCC(N)=O)C(=O)O)C(=N)N. The first-order valence-corrected chi connectivity index (χ1v) is 5.32. The molecule has 0 rings (SSSR count). The van der Waals surface area contributed by atoms with Gasteiger partial charge in [-0.1, -0.05) is 0 Å². The van der Waals surface area contributed by atoms with E-state index in [2.05, 4.69) is 0 Å². The maximum Gasteiger partial charge on any atom is 0.306 e. The van der Waals surface area contributed by atoms with Gasteiger partial charge in [-0.05, 0) is 6.42 Å². The minimum Gasteiger partial charge on any atom is -0.481 e. The second-order valence-corrected chi connectivity index (χ2v) is 4.02. The van der Waals surface area contributed by atoms with Crippen molar-refractivity contribution in [3.63, 3.8) is 0 Å². The fourth-order valence-corrected chi connectivity index (χ4v) is 1.32. The van der Waals surface area contributed by atoms with Crippen LogP contribution in [0.4, 0.5) is 0 Å². The predicted molar refractivity (Wildman–Crippen MR) is 63.7 cm³/mol. The maximum absolute atomic E-state index is 11.5. The Morgan fingerprint density at radius 3 is 2.28 bits per heavy atom. The van der Waals surface area contributed by atoms with E-state index in [1.165, 1.54) is 11.9 Å². The summed E-state index contributed by atoms with van der Waals surface area (Å²) in [6, 6.07) is 0. The summed E-state index contributed by atoms with van der Waals surface area (Å²) < 4.78 is 0. The fraction of sp³-hybridized carbons (Fsp3) is 0.600. The van der Waals surface area contributed by atoms with Crippen molar-refractivity contribution in [3.05, 3.63) is 0 Å². The van der Waals surface area contributed by atoms with Crippen molar-refractivity contribution in [2.75, 3.05) is 13.6 Å². The van der Waals surface area contributed by atoms with Gasteiger partial charge in [0.1, 0.15) is 0 Å². The molecule has 0 saturated heterocycles. The number of rotatable bonds is 8. The first-order valence-electron chi connectivity index (χ1n) is 5.32. The fourth-order valence-electron chi connectivity index (χ4n) is 1.32. The van der Waals surface area contributed by atoms with Gasteiger partial charge in [-0.3, -0.25) is 19.8 Å². The van der Waals surface area contributed by atoms with Gasteiger partial charge in [-0.2, -0.15) is 0 Å². The molecule has 0 aliphatic rings. The lowest BCUT2D eigenvalue weighted by molar-refractivity contribution is -0.144. The molecule has 18 heavy (non-hydrogen) atoms. The molecule has 1 amide bonds. The minimum atomic E-state index is -1.14. The second-order valence-electron chi connectivity index (χ2n) is 4.02. The second kappa shape index (κ2) is 7.25. The van der Waals surface area contributed by atoms with E-state index < -0.39 is 17.8 Å². The van der Waals surface area contributed by atoms with E-state index in [0.717, 1.165) is 0 Å². The van der Waals surface area contributed by atoms with Crippen LogP contribution < -0.4 is 11.5 Å². The Bertz CT molecular complexity index is 356. The van der Waals surface area contributed by atoms with Crippen molar-refractivity contribution < 1.29 is 19.5 Å². The zero-order valence-corrected chi connectivity index (χ0v) is 10.2. The molecule has 8 nitrogen and oxygen atoms in total. The van der Waals surface area contributed by atoms with Crippen LogP contribution in [0.1, 0.15) is 19.3 Å². The summed E-state index contributed by atoms with van der Waals surface area (Å²) in [5.74, 6) is -3.31. The van der Waals surface area contributed by atoms with Gasteiger partial charge in [-0.15, -0.1) is 0 Å². The van der Waals surface area contributed by atoms with Crippen molar-refractivity contribution in [2.45, 2.75) is 19.3 Å². The molecule has 0 fully saturated rings. The number of Topliss-reactive ketones (excluding diaryl/α,β-unsaturated/α-hetero) is 1. The lowest BCUT2D eigenvalue weighted by Crippen LogP contribution is -2.37. The quantitative estimate of drug-likeness (QED) is 0.315. The number of guanidine groups is 1. The minimum absolute atomic E-state index is 0.0280. The van der Waals surface area contributed by atoms with Crippen LogP contribution in [-0.2, 0) is 14.4 Å². The molecule has 0 aromatic rings. The number of ketones is 1. The van der Waals surface area contributed by atoms with Gasteiger partial charge < -0.3 is 21.5 Å². The molecule has 0 bridgehead atoms. The topological polar surface area (TPSA) is 151 Å². The molecule has 8 heteroatoms. The highest BCUT2D eigenvalue weighted by Crippen LogP contribution is 2.12. The summed E-state index contributed by atoms with van der Waals surface area (Å²) in [5.41, 5.74) is 10.1. The monoisotopic (exact) mass is 258 g/mol. The highest BCUT2D eigenvalue weighted by molar-refractivity contribution is 5.88. The third-order valence-electron chi connectivity index (χ3n) is 2.39. The summed E-state index contributed by atoms with van der Waals surface area (Å²) in [6.45, 7) is -0.129. The molecule has 0 spiro atoms. The van der Waals surface area contributed by atoms with Gasteiger partial charge in [0.25, 0.3) is 0 Å². The molecule has 1 atom stereocenters. The number of nitrogens with two attached hydrogens (primary N) is 2. The van der Waals surface area contributed by atoms with Gasteiger partial charge in [0.2, 0.25) is 5.91 Å². The Balaban J connectivity index is 4.32. The average molecular weight is 258 g/mol. The van der Waals surface area contributed by atoms with E-state index in [1.807, 2.05) is 0 Å². The number of nitrogens with one attached hydrogen (secondary N) is 1. The number of aliphatic carboxylic acids is 1.